The summed E-state index contributed by atoms with van der Waals surface area (Å²) in [6.45, 7) is 1.35. The number of para-hydroxylation sites is 1. The van der Waals surface area contributed by atoms with Gasteiger partial charge in [0.05, 0.1) is 11.1 Å². The monoisotopic (exact) mass is 436 g/mol. The molecular weight excluding hydrogens is 416 g/mol. The molecule has 7 heteroatoms. The van der Waals surface area contributed by atoms with Gasteiger partial charge in [-0.1, -0.05) is 48.0 Å². The van der Waals surface area contributed by atoms with Gasteiger partial charge in [0, 0.05) is 23.4 Å². The highest BCUT2D eigenvalue weighted by Gasteiger charge is 2.22. The van der Waals surface area contributed by atoms with Gasteiger partial charge >= 0.3 is 5.97 Å². The van der Waals surface area contributed by atoms with Gasteiger partial charge in [-0.2, -0.15) is 0 Å². The molecule has 3 aromatic carbocycles. The van der Waals surface area contributed by atoms with Crippen molar-refractivity contribution in [1.29, 1.82) is 0 Å². The Labute approximate surface area is 185 Å². The zero-order chi connectivity index (χ0) is 22.4. The van der Waals surface area contributed by atoms with Gasteiger partial charge in [-0.15, -0.1) is 0 Å². The third-order valence-corrected chi connectivity index (χ3v) is 5.02. The lowest BCUT2D eigenvalue weighted by Gasteiger charge is -2.18. The normalized spacial score (nSPS) is 10.3. The Morgan fingerprint density at radius 2 is 1.58 bits per heavy atom. The number of anilines is 2. The molecule has 0 aliphatic rings. The first-order valence-corrected chi connectivity index (χ1v) is 9.90. The van der Waals surface area contributed by atoms with Crippen molar-refractivity contribution < 1.29 is 19.1 Å². The van der Waals surface area contributed by atoms with Crippen LogP contribution in [0.15, 0.2) is 72.8 Å². The zero-order valence-corrected chi connectivity index (χ0v) is 17.8. The summed E-state index contributed by atoms with van der Waals surface area (Å²) in [6.07, 6.45) is 0. The topological polar surface area (TPSA) is 75.7 Å². The van der Waals surface area contributed by atoms with Gasteiger partial charge in [-0.3, -0.25) is 9.59 Å². The quantitative estimate of drug-likeness (QED) is 0.567. The molecule has 0 radical (unpaired) electrons. The van der Waals surface area contributed by atoms with Crippen molar-refractivity contribution in [2.75, 3.05) is 23.9 Å². The summed E-state index contributed by atoms with van der Waals surface area (Å²) in [5, 5.41) is 3.14. The molecule has 3 rings (SSSR count). The maximum Gasteiger partial charge on any atom is 0.339 e. The van der Waals surface area contributed by atoms with Gasteiger partial charge in [0.15, 0.2) is 6.61 Å². The summed E-state index contributed by atoms with van der Waals surface area (Å²) in [4.78, 5) is 39.1. The van der Waals surface area contributed by atoms with Gasteiger partial charge in [-0.25, -0.2) is 4.79 Å². The SMILES string of the molecule is Cc1ccc(NC(=O)COC(=O)c2ccccc2C(=O)N(C)c2ccccc2)cc1Cl. The van der Waals surface area contributed by atoms with E-state index >= 15 is 0 Å². The molecule has 0 heterocycles. The van der Waals surface area contributed by atoms with Crippen molar-refractivity contribution in [2.24, 2.45) is 0 Å². The average Bonchev–Trinajstić information content (AvgIpc) is 2.79. The van der Waals surface area contributed by atoms with Gasteiger partial charge in [0.25, 0.3) is 11.8 Å². The standard InChI is InChI=1S/C24H21ClN2O4/c1-16-12-13-17(14-21(16)25)26-22(28)15-31-24(30)20-11-7-6-10-19(20)23(29)27(2)18-8-4-3-5-9-18/h3-14H,15H2,1-2H3,(H,26,28). The number of carbonyl (C=O) groups is 3. The van der Waals surface area contributed by atoms with Crippen molar-refractivity contribution >= 4 is 40.8 Å². The number of aryl methyl sites for hydroxylation is 1. The molecule has 2 amide bonds. The Morgan fingerprint density at radius 3 is 2.26 bits per heavy atom. The van der Waals surface area contributed by atoms with Crippen LogP contribution in [0, 0.1) is 6.92 Å². The van der Waals surface area contributed by atoms with Gasteiger partial charge in [0.2, 0.25) is 0 Å². The summed E-state index contributed by atoms with van der Waals surface area (Å²) >= 11 is 6.05. The molecule has 31 heavy (non-hydrogen) atoms. The fraction of sp³-hybridized carbons (Fsp3) is 0.125. The van der Waals surface area contributed by atoms with E-state index in [1.54, 1.807) is 55.6 Å². The molecule has 0 atom stereocenters. The maximum absolute atomic E-state index is 12.9. The summed E-state index contributed by atoms with van der Waals surface area (Å²) < 4.78 is 5.14. The van der Waals surface area contributed by atoms with Crippen LogP contribution in [0.4, 0.5) is 11.4 Å². The van der Waals surface area contributed by atoms with Crippen LogP contribution >= 0.6 is 11.6 Å². The lowest BCUT2D eigenvalue weighted by molar-refractivity contribution is -0.119. The van der Waals surface area contributed by atoms with Gasteiger partial charge < -0.3 is 15.0 Å². The minimum atomic E-state index is -0.762. The van der Waals surface area contributed by atoms with E-state index in [9.17, 15) is 14.4 Å². The number of esters is 1. The first-order valence-electron chi connectivity index (χ1n) is 9.52. The summed E-state index contributed by atoms with van der Waals surface area (Å²) in [7, 11) is 1.62. The summed E-state index contributed by atoms with van der Waals surface area (Å²) in [5.74, 6) is -1.64. The number of carbonyl (C=O) groups excluding carboxylic acids is 3. The molecule has 0 aliphatic heterocycles. The molecule has 0 aliphatic carbocycles. The highest BCUT2D eigenvalue weighted by atomic mass is 35.5. The highest BCUT2D eigenvalue weighted by molar-refractivity contribution is 6.31. The Balaban J connectivity index is 1.67. The molecule has 0 fully saturated rings. The molecule has 6 nitrogen and oxygen atoms in total. The molecule has 158 valence electrons. The van der Waals surface area contributed by atoms with Crippen LogP contribution in [-0.4, -0.2) is 31.4 Å². The fourth-order valence-electron chi connectivity index (χ4n) is 2.87. The Hall–Kier alpha value is -3.64. The number of hydrogen-bond donors (Lipinski definition) is 1. The molecule has 0 bridgehead atoms. The van der Waals surface area contributed by atoms with Crippen molar-refractivity contribution in [3.8, 4) is 0 Å². The van der Waals surface area contributed by atoms with E-state index in [0.717, 1.165) is 5.56 Å². The molecule has 0 unspecified atom stereocenters. The molecule has 1 N–H and O–H groups in total. The Morgan fingerprint density at radius 1 is 0.935 bits per heavy atom. The van der Waals surface area contributed by atoms with Crippen molar-refractivity contribution in [3.63, 3.8) is 0 Å². The predicted molar refractivity (Wildman–Crippen MR) is 121 cm³/mol. The van der Waals surface area contributed by atoms with Crippen LogP contribution < -0.4 is 10.2 Å². The van der Waals surface area contributed by atoms with Crippen LogP contribution in [0.1, 0.15) is 26.3 Å². The van der Waals surface area contributed by atoms with Crippen LogP contribution in [0.5, 0.6) is 0 Å². The molecule has 0 spiro atoms. The zero-order valence-electron chi connectivity index (χ0n) is 17.1. The fourth-order valence-corrected chi connectivity index (χ4v) is 3.05. The average molecular weight is 437 g/mol. The predicted octanol–water partition coefficient (Wildman–Crippen LogP) is 4.72. The van der Waals surface area contributed by atoms with Crippen molar-refractivity contribution in [1.82, 2.24) is 0 Å². The van der Waals surface area contributed by atoms with Crippen LogP contribution in [0.25, 0.3) is 0 Å². The lowest BCUT2D eigenvalue weighted by atomic mass is 10.1. The Bertz CT molecular complexity index is 1120. The van der Waals surface area contributed by atoms with E-state index in [4.69, 9.17) is 16.3 Å². The third-order valence-electron chi connectivity index (χ3n) is 4.62. The van der Waals surface area contributed by atoms with Crippen LogP contribution in [0.2, 0.25) is 5.02 Å². The van der Waals surface area contributed by atoms with E-state index < -0.39 is 18.5 Å². The number of ether oxygens (including phenoxy) is 1. The molecule has 3 aromatic rings. The minimum Gasteiger partial charge on any atom is -0.452 e. The number of rotatable bonds is 6. The minimum absolute atomic E-state index is 0.0847. The Kier molecular flexibility index (Phi) is 7.05. The van der Waals surface area contributed by atoms with Crippen molar-refractivity contribution in [3.05, 3.63) is 94.5 Å². The van der Waals surface area contributed by atoms with E-state index in [2.05, 4.69) is 5.32 Å². The summed E-state index contributed by atoms with van der Waals surface area (Å²) in [6, 6.07) is 20.5. The molecule has 0 aromatic heterocycles. The molecule has 0 saturated carbocycles. The van der Waals surface area contributed by atoms with Crippen LogP contribution in [0.3, 0.4) is 0 Å². The van der Waals surface area contributed by atoms with Gasteiger partial charge in [0.1, 0.15) is 0 Å². The van der Waals surface area contributed by atoms with Crippen molar-refractivity contribution in [2.45, 2.75) is 6.92 Å². The number of amides is 2. The number of nitrogens with one attached hydrogen (secondary N) is 1. The molecule has 0 saturated heterocycles. The number of benzene rings is 3. The second kappa shape index (κ2) is 9.91. The smallest absolute Gasteiger partial charge is 0.339 e. The largest absolute Gasteiger partial charge is 0.452 e. The van der Waals surface area contributed by atoms with E-state index in [0.29, 0.717) is 16.4 Å². The highest BCUT2D eigenvalue weighted by Crippen LogP contribution is 2.20. The number of hydrogen-bond acceptors (Lipinski definition) is 4. The van der Waals surface area contributed by atoms with E-state index in [1.165, 1.54) is 11.0 Å². The first-order chi connectivity index (χ1) is 14.9. The lowest BCUT2D eigenvalue weighted by Crippen LogP contribution is -2.28. The van der Waals surface area contributed by atoms with Crippen LogP contribution in [-0.2, 0) is 9.53 Å². The number of halogens is 1. The van der Waals surface area contributed by atoms with Gasteiger partial charge in [-0.05, 0) is 48.9 Å². The number of nitrogens with zero attached hydrogens (tertiary/aromatic N) is 1. The van der Waals surface area contributed by atoms with E-state index in [-0.39, 0.29) is 17.0 Å². The maximum atomic E-state index is 12.9. The molecular formula is C24H21ClN2O4. The second-order valence-corrected chi connectivity index (χ2v) is 7.24. The third kappa shape index (κ3) is 5.49. The van der Waals surface area contributed by atoms with E-state index in [1.807, 2.05) is 25.1 Å². The second-order valence-electron chi connectivity index (χ2n) is 6.83. The summed E-state index contributed by atoms with van der Waals surface area (Å²) in [5.41, 5.74) is 2.34. The first kappa shape index (κ1) is 22.1.